The van der Waals surface area contributed by atoms with Gasteiger partial charge in [-0.15, -0.1) is 0 Å². The van der Waals surface area contributed by atoms with Gasteiger partial charge in [-0.05, 0) is 44.9 Å². The summed E-state index contributed by atoms with van der Waals surface area (Å²) in [5, 5.41) is 6.21. The minimum Gasteiger partial charge on any atom is -0.493 e. The summed E-state index contributed by atoms with van der Waals surface area (Å²) in [5.74, 6) is 0.259. The van der Waals surface area contributed by atoms with E-state index in [2.05, 4.69) is 33.8 Å². The van der Waals surface area contributed by atoms with Crippen LogP contribution in [0.15, 0.2) is 42.0 Å². The standard InChI is InChI=1S/C31H39F3N8O4/c1-6-36-28(35)27-26(38-29(40(27)4)23-16-42(18(3)17-46-23)20-10-12-44-13-11-20)21-9-8-19(14-22(21)45-7-2)30(43)37-25-15-24(31(32,33)34)41(5)39-25/h6,8-9,14-15,18,20,23H,1,7,10-13,16-17H2,2-5H3,(H2,35,36)(H,37,39,43)/t18-,23+/m0/s1. The Morgan fingerprint density at radius 1 is 1.26 bits per heavy atom. The number of nitrogens with zero attached hydrogens (tertiary/aromatic N) is 6. The predicted octanol–water partition coefficient (Wildman–Crippen LogP) is 4.28. The van der Waals surface area contributed by atoms with Crippen LogP contribution in [0.25, 0.3) is 11.3 Å². The Kier molecular flexibility index (Phi) is 9.84. The number of amidine groups is 1. The van der Waals surface area contributed by atoms with Gasteiger partial charge in [-0.25, -0.2) is 9.98 Å². The number of amides is 1. The Bertz CT molecular complexity index is 1610. The maximum absolute atomic E-state index is 13.2. The lowest BCUT2D eigenvalue weighted by Crippen LogP contribution is -2.52. The lowest BCUT2D eigenvalue weighted by atomic mass is 10.0. The number of halogens is 3. The SMILES string of the molecule is C=C/N=C(/N)c1c(-c2ccc(C(=O)Nc3cc(C(F)(F)F)n(C)n3)cc2OCC)nc([C@H]2CN(C3CCOCC3)[C@@H](C)CO2)n1C. The molecule has 3 aromatic rings. The van der Waals surface area contributed by atoms with E-state index >= 15 is 0 Å². The van der Waals surface area contributed by atoms with Crippen molar-refractivity contribution >= 4 is 17.6 Å². The number of carbonyl (C=O) groups is 1. The normalized spacial score (nSPS) is 20.1. The van der Waals surface area contributed by atoms with E-state index < -0.39 is 17.8 Å². The number of nitrogens with one attached hydrogen (secondary N) is 1. The van der Waals surface area contributed by atoms with Crippen molar-refractivity contribution in [3.05, 3.63) is 59.8 Å². The Morgan fingerprint density at radius 2 is 2.00 bits per heavy atom. The first-order valence-electron chi connectivity index (χ1n) is 15.1. The smallest absolute Gasteiger partial charge is 0.433 e. The molecule has 0 spiro atoms. The molecule has 0 unspecified atom stereocenters. The highest BCUT2D eigenvalue weighted by atomic mass is 19.4. The van der Waals surface area contributed by atoms with E-state index in [1.165, 1.54) is 18.3 Å². The lowest BCUT2D eigenvalue weighted by Gasteiger charge is -2.43. The molecule has 1 amide bonds. The van der Waals surface area contributed by atoms with Crippen LogP contribution in [0.3, 0.4) is 0 Å². The van der Waals surface area contributed by atoms with Gasteiger partial charge in [0.25, 0.3) is 5.91 Å². The number of carbonyl (C=O) groups excluding carboxylic acids is 1. The van der Waals surface area contributed by atoms with Gasteiger partial charge in [0.2, 0.25) is 0 Å². The number of anilines is 1. The molecular formula is C31H39F3N8O4. The molecule has 2 aliphatic rings. The number of aryl methyl sites for hydroxylation is 1. The highest BCUT2D eigenvalue weighted by molar-refractivity contribution is 6.05. The quantitative estimate of drug-likeness (QED) is 0.261. The third kappa shape index (κ3) is 6.81. The molecule has 2 saturated heterocycles. The predicted molar refractivity (Wildman–Crippen MR) is 166 cm³/mol. The van der Waals surface area contributed by atoms with E-state index in [1.54, 1.807) is 13.0 Å². The van der Waals surface area contributed by atoms with Gasteiger partial charge < -0.3 is 29.8 Å². The zero-order valence-electron chi connectivity index (χ0n) is 26.3. The molecule has 0 aliphatic carbocycles. The second-order valence-corrected chi connectivity index (χ2v) is 11.3. The van der Waals surface area contributed by atoms with E-state index in [0.29, 0.717) is 52.4 Å². The minimum atomic E-state index is -4.62. The fraction of sp³-hybridized carbons (Fsp3) is 0.484. The zero-order valence-corrected chi connectivity index (χ0v) is 26.3. The molecule has 0 radical (unpaired) electrons. The number of alkyl halides is 3. The summed E-state index contributed by atoms with van der Waals surface area (Å²) in [6, 6.07) is 6.10. The van der Waals surface area contributed by atoms with Crippen LogP contribution in [0.1, 0.15) is 60.4 Å². The molecule has 2 aliphatic heterocycles. The van der Waals surface area contributed by atoms with Crippen LogP contribution in [0.2, 0.25) is 0 Å². The summed E-state index contributed by atoms with van der Waals surface area (Å²) < 4.78 is 60.1. The molecule has 1 aromatic carbocycles. The first kappa shape index (κ1) is 33.2. The summed E-state index contributed by atoms with van der Waals surface area (Å²) in [6.07, 6.45) is -1.72. The molecule has 46 heavy (non-hydrogen) atoms. The summed E-state index contributed by atoms with van der Waals surface area (Å²) in [7, 11) is 3.00. The summed E-state index contributed by atoms with van der Waals surface area (Å²) in [6.45, 7) is 10.5. The molecule has 15 heteroatoms. The number of benzene rings is 1. The Hall–Kier alpha value is -4.21. The number of nitrogens with two attached hydrogens (primary N) is 1. The van der Waals surface area contributed by atoms with Crippen molar-refractivity contribution in [2.24, 2.45) is 24.8 Å². The molecule has 4 heterocycles. The van der Waals surface area contributed by atoms with Crippen LogP contribution in [0.5, 0.6) is 5.75 Å². The van der Waals surface area contributed by atoms with Gasteiger partial charge in [-0.1, -0.05) is 6.58 Å². The van der Waals surface area contributed by atoms with Gasteiger partial charge in [0, 0.05) is 69.3 Å². The molecule has 3 N–H and O–H groups in total. The number of aromatic nitrogens is 4. The van der Waals surface area contributed by atoms with Crippen molar-refractivity contribution in [2.45, 2.75) is 51.1 Å². The topological polar surface area (TPSA) is 134 Å². The van der Waals surface area contributed by atoms with Crippen molar-refractivity contribution in [3.8, 4) is 17.0 Å². The summed E-state index contributed by atoms with van der Waals surface area (Å²) in [5.41, 5.74) is 7.13. The first-order valence-corrected chi connectivity index (χ1v) is 15.1. The van der Waals surface area contributed by atoms with E-state index in [0.717, 1.165) is 39.2 Å². The summed E-state index contributed by atoms with van der Waals surface area (Å²) >= 11 is 0. The fourth-order valence-corrected chi connectivity index (χ4v) is 6.02. The van der Waals surface area contributed by atoms with Crippen LogP contribution in [0, 0.1) is 0 Å². The zero-order chi connectivity index (χ0) is 33.2. The first-order chi connectivity index (χ1) is 21.9. The Labute approximate surface area is 265 Å². The van der Waals surface area contributed by atoms with Gasteiger partial charge >= 0.3 is 6.18 Å². The molecule has 248 valence electrons. The molecule has 5 rings (SSSR count). The van der Waals surface area contributed by atoms with Crippen molar-refractivity contribution in [1.29, 1.82) is 0 Å². The average Bonchev–Trinajstić information content (AvgIpc) is 3.57. The molecule has 0 saturated carbocycles. The van der Waals surface area contributed by atoms with Crippen molar-refractivity contribution in [1.82, 2.24) is 24.2 Å². The molecule has 0 bridgehead atoms. The number of morpholine rings is 1. The van der Waals surface area contributed by atoms with Crippen molar-refractivity contribution < 1.29 is 32.2 Å². The van der Waals surface area contributed by atoms with E-state index in [9.17, 15) is 18.0 Å². The third-order valence-corrected chi connectivity index (χ3v) is 8.24. The van der Waals surface area contributed by atoms with Gasteiger partial charge in [0.15, 0.2) is 5.82 Å². The molecular weight excluding hydrogens is 605 g/mol. The van der Waals surface area contributed by atoms with E-state index in [1.807, 2.05) is 11.6 Å². The van der Waals surface area contributed by atoms with Gasteiger partial charge in [0.1, 0.15) is 40.6 Å². The number of rotatable bonds is 9. The lowest BCUT2D eigenvalue weighted by molar-refractivity contribution is -0.143. The van der Waals surface area contributed by atoms with Crippen molar-refractivity contribution in [2.75, 3.05) is 38.3 Å². The highest BCUT2D eigenvalue weighted by Gasteiger charge is 2.37. The van der Waals surface area contributed by atoms with Crippen LogP contribution in [0.4, 0.5) is 19.0 Å². The number of hydrogen-bond donors (Lipinski definition) is 2. The van der Waals surface area contributed by atoms with E-state index in [4.69, 9.17) is 24.9 Å². The number of imidazole rings is 1. The van der Waals surface area contributed by atoms with Crippen molar-refractivity contribution in [3.63, 3.8) is 0 Å². The average molecular weight is 645 g/mol. The van der Waals surface area contributed by atoms with Gasteiger partial charge in [0.05, 0.1) is 13.2 Å². The molecule has 12 nitrogen and oxygen atoms in total. The Balaban J connectivity index is 1.50. The van der Waals surface area contributed by atoms with E-state index in [-0.39, 0.29) is 36.0 Å². The van der Waals surface area contributed by atoms with Crippen LogP contribution >= 0.6 is 0 Å². The van der Waals surface area contributed by atoms with Crippen LogP contribution < -0.4 is 15.8 Å². The summed E-state index contributed by atoms with van der Waals surface area (Å²) in [4.78, 5) is 24.8. The number of hydrogen-bond acceptors (Lipinski definition) is 8. The van der Waals surface area contributed by atoms with Gasteiger partial charge in [-0.2, -0.15) is 18.3 Å². The monoisotopic (exact) mass is 644 g/mol. The molecule has 2 aromatic heterocycles. The highest BCUT2D eigenvalue weighted by Crippen LogP contribution is 2.37. The third-order valence-electron chi connectivity index (χ3n) is 8.24. The number of ether oxygens (including phenoxy) is 3. The minimum absolute atomic E-state index is 0.147. The fourth-order valence-electron chi connectivity index (χ4n) is 6.02. The largest absolute Gasteiger partial charge is 0.493 e. The van der Waals surface area contributed by atoms with Crippen LogP contribution in [-0.4, -0.2) is 81.0 Å². The number of aliphatic imine (C=N–C) groups is 1. The maximum Gasteiger partial charge on any atom is 0.433 e. The van der Waals surface area contributed by atoms with Gasteiger partial charge in [-0.3, -0.25) is 14.4 Å². The second kappa shape index (κ2) is 13.6. The second-order valence-electron chi connectivity index (χ2n) is 11.3. The molecule has 2 atom stereocenters. The molecule has 2 fully saturated rings. The maximum atomic E-state index is 13.2. The Morgan fingerprint density at radius 3 is 2.65 bits per heavy atom. The van der Waals surface area contributed by atoms with Crippen LogP contribution in [-0.2, 0) is 29.7 Å².